The van der Waals surface area contributed by atoms with Gasteiger partial charge in [0.1, 0.15) is 0 Å². The highest BCUT2D eigenvalue weighted by Gasteiger charge is 2.21. The van der Waals surface area contributed by atoms with Crippen molar-refractivity contribution >= 4 is 5.96 Å². The van der Waals surface area contributed by atoms with Crippen LogP contribution in [0.1, 0.15) is 30.4 Å². The van der Waals surface area contributed by atoms with Crippen LogP contribution in [0.2, 0.25) is 0 Å². The second-order valence-corrected chi connectivity index (χ2v) is 7.68. The summed E-state index contributed by atoms with van der Waals surface area (Å²) in [5.74, 6) is 2.03. The van der Waals surface area contributed by atoms with Gasteiger partial charge >= 0.3 is 0 Å². The topological polar surface area (TPSA) is 39.7 Å². The molecule has 1 aliphatic heterocycles. The Morgan fingerprint density at radius 1 is 1.07 bits per heavy atom. The van der Waals surface area contributed by atoms with Crippen LogP contribution in [-0.4, -0.2) is 50.6 Å². The zero-order chi connectivity index (χ0) is 19.6. The molecular formula is C24H34N4. The van der Waals surface area contributed by atoms with E-state index < -0.39 is 0 Å². The van der Waals surface area contributed by atoms with E-state index in [9.17, 15) is 0 Å². The number of guanidine groups is 1. The van der Waals surface area contributed by atoms with Gasteiger partial charge in [0.25, 0.3) is 0 Å². The molecule has 2 aromatic rings. The Hall–Kier alpha value is -2.33. The Balaban J connectivity index is 1.55. The van der Waals surface area contributed by atoms with Gasteiger partial charge in [0, 0.05) is 32.6 Å². The third-order valence-electron chi connectivity index (χ3n) is 5.71. The first-order valence-corrected chi connectivity index (χ1v) is 10.5. The molecule has 0 aromatic heterocycles. The average Bonchev–Trinajstić information content (AvgIpc) is 3.22. The van der Waals surface area contributed by atoms with Crippen LogP contribution >= 0.6 is 0 Å². The third kappa shape index (κ3) is 6.10. The third-order valence-corrected chi connectivity index (χ3v) is 5.71. The summed E-state index contributed by atoms with van der Waals surface area (Å²) in [4.78, 5) is 6.96. The molecule has 0 bridgehead atoms. The minimum atomic E-state index is 0.407. The molecule has 0 saturated carbocycles. The summed E-state index contributed by atoms with van der Waals surface area (Å²) >= 11 is 0. The summed E-state index contributed by atoms with van der Waals surface area (Å²) < 4.78 is 0. The molecule has 0 amide bonds. The summed E-state index contributed by atoms with van der Waals surface area (Å²) in [5, 5.41) is 7.10. The first-order valence-electron chi connectivity index (χ1n) is 10.5. The number of rotatable bonds is 8. The zero-order valence-corrected chi connectivity index (χ0v) is 17.3. The van der Waals surface area contributed by atoms with Gasteiger partial charge in [0.2, 0.25) is 0 Å². The number of nitrogens with zero attached hydrogens (tertiary/aromatic N) is 2. The molecule has 2 N–H and O–H groups in total. The summed E-state index contributed by atoms with van der Waals surface area (Å²) in [6.07, 6.45) is 2.29. The van der Waals surface area contributed by atoms with E-state index in [0.29, 0.717) is 11.8 Å². The van der Waals surface area contributed by atoms with Gasteiger partial charge in [-0.3, -0.25) is 4.99 Å². The van der Waals surface area contributed by atoms with Gasteiger partial charge in [-0.1, -0.05) is 67.6 Å². The Morgan fingerprint density at radius 2 is 1.79 bits per heavy atom. The molecule has 2 unspecified atom stereocenters. The molecule has 0 spiro atoms. The molecule has 28 heavy (non-hydrogen) atoms. The van der Waals surface area contributed by atoms with Gasteiger partial charge in [-0.25, -0.2) is 0 Å². The van der Waals surface area contributed by atoms with Crippen molar-refractivity contribution in [2.24, 2.45) is 10.9 Å². The van der Waals surface area contributed by atoms with Crippen LogP contribution in [0.3, 0.4) is 0 Å². The lowest BCUT2D eigenvalue weighted by Crippen LogP contribution is -2.42. The number of benzene rings is 2. The standard InChI is InChI=1S/C24H34N4/c1-3-28-15-14-21(19-28)17-26-24(25-2)27-18-23(22-12-8-5-9-13-22)16-20-10-6-4-7-11-20/h4-13,21,23H,3,14-19H2,1-2H3,(H2,25,26,27). The first-order chi connectivity index (χ1) is 13.8. The molecule has 3 rings (SSSR count). The second kappa shape index (κ2) is 10.9. The summed E-state index contributed by atoms with van der Waals surface area (Å²) in [6.45, 7) is 7.67. The number of hydrogen-bond donors (Lipinski definition) is 2. The van der Waals surface area contributed by atoms with Gasteiger partial charge < -0.3 is 15.5 Å². The first kappa shape index (κ1) is 20.4. The van der Waals surface area contributed by atoms with Crippen LogP contribution < -0.4 is 10.6 Å². The molecule has 1 fully saturated rings. The molecule has 1 heterocycles. The van der Waals surface area contributed by atoms with Gasteiger partial charge in [-0.15, -0.1) is 0 Å². The predicted octanol–water partition coefficient (Wildman–Crippen LogP) is 3.52. The quantitative estimate of drug-likeness (QED) is 0.545. The summed E-state index contributed by atoms with van der Waals surface area (Å²) in [7, 11) is 1.86. The fourth-order valence-electron chi connectivity index (χ4n) is 3.98. The van der Waals surface area contributed by atoms with E-state index in [0.717, 1.165) is 32.0 Å². The lowest BCUT2D eigenvalue weighted by molar-refractivity contribution is 0.341. The molecule has 1 saturated heterocycles. The Morgan fingerprint density at radius 3 is 2.43 bits per heavy atom. The number of aliphatic imine (C=N–C) groups is 1. The highest BCUT2D eigenvalue weighted by Crippen LogP contribution is 2.20. The minimum absolute atomic E-state index is 0.407. The zero-order valence-electron chi connectivity index (χ0n) is 17.3. The van der Waals surface area contributed by atoms with E-state index in [4.69, 9.17) is 0 Å². The smallest absolute Gasteiger partial charge is 0.191 e. The molecule has 1 aliphatic rings. The maximum atomic E-state index is 4.44. The molecule has 2 atom stereocenters. The van der Waals surface area contributed by atoms with Crippen LogP contribution in [0.25, 0.3) is 0 Å². The number of hydrogen-bond acceptors (Lipinski definition) is 2. The van der Waals surface area contributed by atoms with E-state index in [1.54, 1.807) is 0 Å². The van der Waals surface area contributed by atoms with E-state index >= 15 is 0 Å². The van der Waals surface area contributed by atoms with Crippen molar-refractivity contribution < 1.29 is 0 Å². The van der Waals surface area contributed by atoms with Gasteiger partial charge in [-0.05, 0) is 43.0 Å². The molecule has 4 nitrogen and oxygen atoms in total. The number of likely N-dealkylation sites (tertiary alicyclic amines) is 1. The summed E-state index contributed by atoms with van der Waals surface area (Å²) in [5.41, 5.74) is 2.73. The fourth-order valence-corrected chi connectivity index (χ4v) is 3.98. The Bertz CT molecular complexity index is 714. The molecule has 0 radical (unpaired) electrons. The van der Waals surface area contributed by atoms with Crippen molar-refractivity contribution in [2.75, 3.05) is 39.8 Å². The monoisotopic (exact) mass is 378 g/mol. The molecule has 4 heteroatoms. The van der Waals surface area contributed by atoms with Crippen molar-refractivity contribution in [3.63, 3.8) is 0 Å². The van der Waals surface area contributed by atoms with Crippen molar-refractivity contribution in [2.45, 2.75) is 25.7 Å². The molecule has 0 aliphatic carbocycles. The largest absolute Gasteiger partial charge is 0.356 e. The van der Waals surface area contributed by atoms with E-state index in [-0.39, 0.29) is 0 Å². The van der Waals surface area contributed by atoms with Crippen LogP contribution in [0.5, 0.6) is 0 Å². The predicted molar refractivity (Wildman–Crippen MR) is 119 cm³/mol. The SMILES string of the molecule is CCN1CCC(CNC(=NC)NCC(Cc2ccccc2)c2ccccc2)C1. The molecule has 2 aromatic carbocycles. The fraction of sp³-hybridized carbons (Fsp3) is 0.458. The van der Waals surface area contributed by atoms with Crippen molar-refractivity contribution in [1.82, 2.24) is 15.5 Å². The second-order valence-electron chi connectivity index (χ2n) is 7.68. The Labute approximate surface area is 170 Å². The van der Waals surface area contributed by atoms with Gasteiger partial charge in [0.15, 0.2) is 5.96 Å². The van der Waals surface area contributed by atoms with Crippen LogP contribution in [0, 0.1) is 5.92 Å². The van der Waals surface area contributed by atoms with Crippen molar-refractivity contribution in [3.05, 3.63) is 71.8 Å². The average molecular weight is 379 g/mol. The van der Waals surface area contributed by atoms with Crippen LogP contribution in [0.4, 0.5) is 0 Å². The maximum absolute atomic E-state index is 4.44. The van der Waals surface area contributed by atoms with E-state index in [1.165, 1.54) is 30.6 Å². The summed E-state index contributed by atoms with van der Waals surface area (Å²) in [6, 6.07) is 21.5. The molecular weight excluding hydrogens is 344 g/mol. The van der Waals surface area contributed by atoms with Crippen molar-refractivity contribution in [1.29, 1.82) is 0 Å². The number of nitrogens with one attached hydrogen (secondary N) is 2. The van der Waals surface area contributed by atoms with E-state index in [2.05, 4.69) is 88.1 Å². The minimum Gasteiger partial charge on any atom is -0.356 e. The normalized spacial score (nSPS) is 18.8. The van der Waals surface area contributed by atoms with Gasteiger partial charge in [0.05, 0.1) is 0 Å². The van der Waals surface area contributed by atoms with E-state index in [1.807, 2.05) is 7.05 Å². The van der Waals surface area contributed by atoms with Gasteiger partial charge in [-0.2, -0.15) is 0 Å². The molecule has 150 valence electrons. The lowest BCUT2D eigenvalue weighted by atomic mass is 9.92. The maximum Gasteiger partial charge on any atom is 0.191 e. The van der Waals surface area contributed by atoms with Crippen LogP contribution in [-0.2, 0) is 6.42 Å². The van der Waals surface area contributed by atoms with Crippen molar-refractivity contribution in [3.8, 4) is 0 Å². The highest BCUT2D eigenvalue weighted by atomic mass is 15.2. The Kier molecular flexibility index (Phi) is 7.92. The van der Waals surface area contributed by atoms with Crippen LogP contribution in [0.15, 0.2) is 65.7 Å². The highest BCUT2D eigenvalue weighted by molar-refractivity contribution is 5.79. The lowest BCUT2D eigenvalue weighted by Gasteiger charge is -2.21.